The molecule has 1 aromatic carbocycles. The third-order valence-electron chi connectivity index (χ3n) is 3.79. The molecule has 1 aromatic rings. The Labute approximate surface area is 135 Å². The minimum absolute atomic E-state index is 0.0356. The Kier molecular flexibility index (Phi) is 5.75. The second kappa shape index (κ2) is 7.38. The van der Waals surface area contributed by atoms with E-state index >= 15 is 0 Å². The summed E-state index contributed by atoms with van der Waals surface area (Å²) in [5.41, 5.74) is 1.77. The van der Waals surface area contributed by atoms with Gasteiger partial charge in [0.25, 0.3) is 0 Å². The van der Waals surface area contributed by atoms with Gasteiger partial charge in [0.15, 0.2) is 0 Å². The molecule has 2 atom stereocenters. The smallest absolute Gasteiger partial charge is 0.225 e. The molecular weight excluding hydrogens is 296 g/mol. The fourth-order valence-electron chi connectivity index (χ4n) is 2.47. The molecule has 1 amide bonds. The summed E-state index contributed by atoms with van der Waals surface area (Å²) in [5, 5.41) is 6.27. The molecule has 2 N–H and O–H groups in total. The standard InChI is InChI=1S/C17H26N2O2S/c1-17(2,3)22(21)12-13-6-4-7-15(10-13)19-16(20)11-14-8-5-9-18-14/h4,6-7,10,14,18H,5,8-9,11-12H2,1-3H3,(H,19,20). The van der Waals surface area contributed by atoms with Crippen LogP contribution in [0.4, 0.5) is 5.69 Å². The molecule has 22 heavy (non-hydrogen) atoms. The number of nitrogens with one attached hydrogen (secondary N) is 2. The van der Waals surface area contributed by atoms with Gasteiger partial charge in [-0.1, -0.05) is 12.1 Å². The molecule has 5 heteroatoms. The van der Waals surface area contributed by atoms with Gasteiger partial charge >= 0.3 is 0 Å². The minimum Gasteiger partial charge on any atom is -0.326 e. The fourth-order valence-corrected chi connectivity index (χ4v) is 3.39. The molecule has 2 rings (SSSR count). The van der Waals surface area contributed by atoms with Crippen molar-refractivity contribution in [2.75, 3.05) is 11.9 Å². The van der Waals surface area contributed by atoms with E-state index in [1.165, 1.54) is 0 Å². The lowest BCUT2D eigenvalue weighted by Crippen LogP contribution is -2.27. The second-order valence-corrected chi connectivity index (χ2v) is 9.05. The number of carbonyl (C=O) groups excluding carboxylic acids is 1. The van der Waals surface area contributed by atoms with E-state index in [2.05, 4.69) is 10.6 Å². The van der Waals surface area contributed by atoms with Crippen LogP contribution in [0.3, 0.4) is 0 Å². The third kappa shape index (κ3) is 5.21. The molecule has 1 aliphatic rings. The van der Waals surface area contributed by atoms with Crippen molar-refractivity contribution in [3.63, 3.8) is 0 Å². The van der Waals surface area contributed by atoms with Crippen LogP contribution < -0.4 is 10.6 Å². The molecule has 4 nitrogen and oxygen atoms in total. The van der Waals surface area contributed by atoms with Crippen LogP contribution in [0.2, 0.25) is 0 Å². The minimum atomic E-state index is -0.936. The van der Waals surface area contributed by atoms with E-state index in [1.54, 1.807) is 0 Å². The van der Waals surface area contributed by atoms with E-state index in [4.69, 9.17) is 0 Å². The Hall–Kier alpha value is -1.20. The number of carbonyl (C=O) groups is 1. The summed E-state index contributed by atoms with van der Waals surface area (Å²) in [6, 6.07) is 7.96. The Morgan fingerprint density at radius 3 is 2.82 bits per heavy atom. The van der Waals surface area contributed by atoms with Gasteiger partial charge in [0, 0.05) is 39.4 Å². The zero-order chi connectivity index (χ0) is 16.2. The topological polar surface area (TPSA) is 58.2 Å². The van der Waals surface area contributed by atoms with Gasteiger partial charge in [-0.15, -0.1) is 0 Å². The molecule has 1 heterocycles. The van der Waals surface area contributed by atoms with Gasteiger partial charge in [-0.3, -0.25) is 9.00 Å². The summed E-state index contributed by atoms with van der Waals surface area (Å²) >= 11 is 0. The van der Waals surface area contributed by atoms with Crippen molar-refractivity contribution in [3.05, 3.63) is 29.8 Å². The molecule has 0 spiro atoms. The lowest BCUT2D eigenvalue weighted by atomic mass is 10.1. The highest BCUT2D eigenvalue weighted by molar-refractivity contribution is 7.85. The fraction of sp³-hybridized carbons (Fsp3) is 0.588. The van der Waals surface area contributed by atoms with Crippen LogP contribution in [0, 0.1) is 0 Å². The number of hydrogen-bond acceptors (Lipinski definition) is 3. The molecular formula is C17H26N2O2S. The van der Waals surface area contributed by atoms with Gasteiger partial charge in [0.2, 0.25) is 5.91 Å². The Balaban J connectivity index is 1.93. The SMILES string of the molecule is CC(C)(C)S(=O)Cc1cccc(NC(=O)CC2CCCN2)c1. The van der Waals surface area contributed by atoms with E-state index in [9.17, 15) is 9.00 Å². The number of rotatable bonds is 5. The van der Waals surface area contributed by atoms with Crippen molar-refractivity contribution >= 4 is 22.4 Å². The number of amides is 1. The van der Waals surface area contributed by atoms with Gasteiger partial charge in [-0.25, -0.2) is 0 Å². The maximum Gasteiger partial charge on any atom is 0.225 e. The first kappa shape index (κ1) is 17.2. The molecule has 0 bridgehead atoms. The molecule has 0 saturated carbocycles. The van der Waals surface area contributed by atoms with Crippen LogP contribution in [0.5, 0.6) is 0 Å². The molecule has 0 aliphatic carbocycles. The summed E-state index contributed by atoms with van der Waals surface area (Å²) in [6.45, 7) is 6.93. The van der Waals surface area contributed by atoms with Gasteiger partial charge in [-0.2, -0.15) is 0 Å². The van der Waals surface area contributed by atoms with Crippen molar-refractivity contribution < 1.29 is 9.00 Å². The van der Waals surface area contributed by atoms with Crippen LogP contribution in [-0.2, 0) is 21.3 Å². The Bertz CT molecular complexity index is 546. The van der Waals surface area contributed by atoms with Crippen molar-refractivity contribution in [2.24, 2.45) is 0 Å². The first-order valence-corrected chi connectivity index (χ1v) is 9.17. The molecule has 2 unspecified atom stereocenters. The lowest BCUT2D eigenvalue weighted by Gasteiger charge is -2.18. The maximum atomic E-state index is 12.2. The number of benzene rings is 1. The summed E-state index contributed by atoms with van der Waals surface area (Å²) in [7, 11) is -0.936. The zero-order valence-electron chi connectivity index (χ0n) is 13.6. The summed E-state index contributed by atoms with van der Waals surface area (Å²) in [5.74, 6) is 0.547. The van der Waals surface area contributed by atoms with Crippen LogP contribution in [0.25, 0.3) is 0 Å². The summed E-state index contributed by atoms with van der Waals surface area (Å²) in [4.78, 5) is 12.1. The average molecular weight is 322 g/mol. The van der Waals surface area contributed by atoms with E-state index in [-0.39, 0.29) is 10.7 Å². The normalized spacial score (nSPS) is 19.9. The molecule has 0 radical (unpaired) electrons. The highest BCUT2D eigenvalue weighted by Crippen LogP contribution is 2.19. The Morgan fingerprint density at radius 2 is 2.18 bits per heavy atom. The predicted molar refractivity (Wildman–Crippen MR) is 92.3 cm³/mol. The van der Waals surface area contributed by atoms with Crippen molar-refractivity contribution in [2.45, 2.75) is 56.6 Å². The van der Waals surface area contributed by atoms with E-state index in [0.717, 1.165) is 30.6 Å². The third-order valence-corrected chi connectivity index (χ3v) is 5.75. The van der Waals surface area contributed by atoms with E-state index < -0.39 is 10.8 Å². The molecule has 1 aliphatic heterocycles. The monoisotopic (exact) mass is 322 g/mol. The van der Waals surface area contributed by atoms with Crippen LogP contribution >= 0.6 is 0 Å². The number of anilines is 1. The van der Waals surface area contributed by atoms with Gasteiger partial charge in [0.1, 0.15) is 0 Å². The van der Waals surface area contributed by atoms with Crippen LogP contribution in [0.15, 0.2) is 24.3 Å². The quantitative estimate of drug-likeness (QED) is 0.876. The first-order chi connectivity index (χ1) is 10.3. The van der Waals surface area contributed by atoms with E-state index in [0.29, 0.717) is 18.2 Å². The lowest BCUT2D eigenvalue weighted by molar-refractivity contribution is -0.116. The largest absolute Gasteiger partial charge is 0.326 e. The first-order valence-electron chi connectivity index (χ1n) is 7.85. The molecule has 0 aromatic heterocycles. The van der Waals surface area contributed by atoms with Gasteiger partial charge < -0.3 is 10.6 Å². The predicted octanol–water partition coefficient (Wildman–Crippen LogP) is 2.81. The molecule has 1 saturated heterocycles. The average Bonchev–Trinajstić information content (AvgIpc) is 2.90. The molecule has 1 fully saturated rings. The number of hydrogen-bond donors (Lipinski definition) is 2. The zero-order valence-corrected chi connectivity index (χ0v) is 14.5. The van der Waals surface area contributed by atoms with Gasteiger partial charge in [0.05, 0.1) is 0 Å². The maximum absolute atomic E-state index is 12.2. The molecule has 122 valence electrons. The summed E-state index contributed by atoms with van der Waals surface area (Å²) < 4.78 is 12.0. The summed E-state index contributed by atoms with van der Waals surface area (Å²) in [6.07, 6.45) is 2.72. The highest BCUT2D eigenvalue weighted by atomic mass is 32.2. The van der Waals surface area contributed by atoms with Gasteiger partial charge in [-0.05, 0) is 57.9 Å². The van der Waals surface area contributed by atoms with Crippen molar-refractivity contribution in [1.82, 2.24) is 5.32 Å². The van der Waals surface area contributed by atoms with Crippen molar-refractivity contribution in [3.8, 4) is 0 Å². The second-order valence-electron chi connectivity index (χ2n) is 6.85. The van der Waals surface area contributed by atoms with Crippen molar-refractivity contribution in [1.29, 1.82) is 0 Å². The van der Waals surface area contributed by atoms with E-state index in [1.807, 2.05) is 45.0 Å². The van der Waals surface area contributed by atoms with Crippen LogP contribution in [-0.4, -0.2) is 27.4 Å². The Morgan fingerprint density at radius 1 is 1.41 bits per heavy atom. The highest BCUT2D eigenvalue weighted by Gasteiger charge is 2.20. The van der Waals surface area contributed by atoms with Crippen LogP contribution in [0.1, 0.15) is 45.6 Å².